The molecule has 1 heterocycles. The Kier molecular flexibility index (Phi) is 9.47. The molecule has 0 aliphatic rings. The topological polar surface area (TPSA) is 104 Å². The molecule has 0 bridgehead atoms. The van der Waals surface area contributed by atoms with Gasteiger partial charge in [-0.3, -0.25) is 19.1 Å². The number of esters is 1. The number of likely N-dealkylation sites (N-methyl/N-ethyl adjacent to an activating group) is 1. The molecule has 0 radical (unpaired) electrons. The Morgan fingerprint density at radius 3 is 2.29 bits per heavy atom. The van der Waals surface area contributed by atoms with Crippen LogP contribution in [0, 0.1) is 0 Å². The van der Waals surface area contributed by atoms with Crippen molar-refractivity contribution in [3.63, 3.8) is 0 Å². The first-order chi connectivity index (χ1) is 20.0. The molecule has 0 saturated heterocycles. The maximum absolute atomic E-state index is 12.8. The largest absolute Gasteiger partial charge is 0.492 e. The molecule has 1 aromatic heterocycles. The van der Waals surface area contributed by atoms with E-state index in [9.17, 15) is 19.2 Å². The molecule has 0 aliphatic heterocycles. The van der Waals surface area contributed by atoms with Gasteiger partial charge in [-0.25, -0.2) is 9.59 Å². The van der Waals surface area contributed by atoms with Crippen molar-refractivity contribution in [3.8, 4) is 5.75 Å². The van der Waals surface area contributed by atoms with Crippen molar-refractivity contribution in [2.24, 2.45) is 0 Å². The number of ketones is 1. The number of nitrogens with zero attached hydrogens (tertiary/aromatic N) is 2. The van der Waals surface area contributed by atoms with E-state index in [0.29, 0.717) is 23.4 Å². The fraction of sp³-hybridized carbons (Fsp3) is 0.312. The number of hydrogen-bond acceptors (Lipinski definition) is 8. The maximum atomic E-state index is 12.8. The lowest BCUT2D eigenvalue weighted by Crippen LogP contribution is -2.46. The molecule has 0 saturated carbocycles. The molecule has 1 unspecified atom stereocenters. The minimum atomic E-state index is -0.862. The molecule has 9 nitrogen and oxygen atoms in total. The highest BCUT2D eigenvalue weighted by Gasteiger charge is 2.31. The predicted molar refractivity (Wildman–Crippen MR) is 161 cm³/mol. The minimum Gasteiger partial charge on any atom is -0.492 e. The summed E-state index contributed by atoms with van der Waals surface area (Å²) in [5.74, 6) is -0.0445. The first kappa shape index (κ1) is 30.5. The number of rotatable bonds is 10. The Labute approximate surface area is 248 Å². The van der Waals surface area contributed by atoms with Gasteiger partial charge < -0.3 is 14.2 Å². The second kappa shape index (κ2) is 13.0. The zero-order valence-electron chi connectivity index (χ0n) is 24.3. The average molecular weight is 591 g/mol. The number of thiazole rings is 1. The summed E-state index contributed by atoms with van der Waals surface area (Å²) in [5, 5.41) is 0. The molecule has 0 fully saturated rings. The Balaban J connectivity index is 1.38. The lowest BCUT2D eigenvalue weighted by atomic mass is 10.0. The third-order valence-electron chi connectivity index (χ3n) is 6.52. The van der Waals surface area contributed by atoms with Gasteiger partial charge in [-0.2, -0.15) is 0 Å². The third-order valence-corrected chi connectivity index (χ3v) is 7.47. The third kappa shape index (κ3) is 7.44. The number of methoxy groups -OCH3 is 1. The maximum Gasteiger partial charge on any atom is 0.410 e. The van der Waals surface area contributed by atoms with Crippen LogP contribution in [0.4, 0.5) is 4.79 Å². The molecule has 4 rings (SSSR count). The van der Waals surface area contributed by atoms with Crippen LogP contribution >= 0.6 is 11.3 Å². The second-order valence-electron chi connectivity index (χ2n) is 10.7. The van der Waals surface area contributed by atoms with E-state index in [1.807, 2.05) is 30.3 Å². The van der Waals surface area contributed by atoms with Crippen molar-refractivity contribution < 1.29 is 28.6 Å². The van der Waals surface area contributed by atoms with Crippen LogP contribution in [0.2, 0.25) is 0 Å². The number of amides is 1. The lowest BCUT2D eigenvalue weighted by Gasteiger charge is -2.29. The van der Waals surface area contributed by atoms with Gasteiger partial charge in [-0.05, 0) is 56.7 Å². The lowest BCUT2D eigenvalue weighted by molar-refractivity contribution is -0.146. The van der Waals surface area contributed by atoms with Gasteiger partial charge in [0, 0.05) is 24.6 Å². The quantitative estimate of drug-likeness (QED) is 0.182. The van der Waals surface area contributed by atoms with Gasteiger partial charge >= 0.3 is 16.9 Å². The van der Waals surface area contributed by atoms with E-state index in [2.05, 4.69) is 0 Å². The Hall–Kier alpha value is -4.44. The summed E-state index contributed by atoms with van der Waals surface area (Å²) in [6.07, 6.45) is -0.388. The van der Waals surface area contributed by atoms with E-state index in [1.165, 1.54) is 19.1 Å². The van der Waals surface area contributed by atoms with E-state index in [1.54, 1.807) is 67.8 Å². The fourth-order valence-electron chi connectivity index (χ4n) is 4.35. The molecule has 0 spiro atoms. The van der Waals surface area contributed by atoms with Crippen molar-refractivity contribution in [3.05, 3.63) is 99.2 Å². The second-order valence-corrected chi connectivity index (χ2v) is 11.7. The molecule has 0 aliphatic carbocycles. The summed E-state index contributed by atoms with van der Waals surface area (Å²) < 4.78 is 18.6. The number of benzene rings is 3. The van der Waals surface area contributed by atoms with Crippen LogP contribution in [0.25, 0.3) is 10.2 Å². The Bertz CT molecular complexity index is 1620. The predicted octanol–water partition coefficient (Wildman–Crippen LogP) is 5.32. The monoisotopic (exact) mass is 590 g/mol. The van der Waals surface area contributed by atoms with E-state index in [4.69, 9.17) is 14.2 Å². The highest BCUT2D eigenvalue weighted by molar-refractivity contribution is 7.16. The van der Waals surface area contributed by atoms with E-state index in [0.717, 1.165) is 27.1 Å². The van der Waals surface area contributed by atoms with Gasteiger partial charge in [0.05, 0.1) is 23.9 Å². The van der Waals surface area contributed by atoms with Gasteiger partial charge in [0.2, 0.25) is 0 Å². The minimum absolute atomic E-state index is 0.0916. The smallest absolute Gasteiger partial charge is 0.410 e. The van der Waals surface area contributed by atoms with Gasteiger partial charge in [0.15, 0.2) is 5.78 Å². The standard InChI is InChI=1S/C32H34N2O7S/c1-32(2,3)41-30(37)33(4)26(29(36)39-5)19-21-11-14-24(15-12-21)40-18-17-34-25-16-13-23(20-27(25)42-31(34)38)28(35)22-9-7-6-8-10-22/h6-16,20,26H,17-19H2,1-5H3. The zero-order valence-corrected chi connectivity index (χ0v) is 25.1. The molecular formula is C32H34N2O7S. The molecule has 42 heavy (non-hydrogen) atoms. The molecule has 4 aromatic rings. The number of ether oxygens (including phenoxy) is 3. The van der Waals surface area contributed by atoms with Crippen LogP contribution in [0.15, 0.2) is 77.6 Å². The summed E-state index contributed by atoms with van der Waals surface area (Å²) in [6, 6.07) is 20.6. The van der Waals surface area contributed by atoms with Crippen molar-refractivity contribution >= 4 is 39.4 Å². The first-order valence-corrected chi connectivity index (χ1v) is 14.3. The summed E-state index contributed by atoms with van der Waals surface area (Å²) in [7, 11) is 2.78. The van der Waals surface area contributed by atoms with Crippen LogP contribution < -0.4 is 9.61 Å². The molecule has 220 valence electrons. The van der Waals surface area contributed by atoms with Gasteiger partial charge in [0.25, 0.3) is 0 Å². The molecule has 10 heteroatoms. The SMILES string of the molecule is COC(=O)C(Cc1ccc(OCCn2c(=O)sc3cc(C(=O)c4ccccc4)ccc32)cc1)N(C)C(=O)OC(C)(C)C. The van der Waals surface area contributed by atoms with Crippen LogP contribution in [-0.2, 0) is 27.2 Å². The highest BCUT2D eigenvalue weighted by Crippen LogP contribution is 2.22. The fourth-order valence-corrected chi connectivity index (χ4v) is 5.31. The summed E-state index contributed by atoms with van der Waals surface area (Å²) in [5.41, 5.74) is 1.98. The number of carbonyl (C=O) groups is 3. The van der Waals surface area contributed by atoms with Gasteiger partial charge in [0.1, 0.15) is 24.0 Å². The first-order valence-electron chi connectivity index (χ1n) is 13.5. The number of hydrogen-bond donors (Lipinski definition) is 0. The summed E-state index contributed by atoms with van der Waals surface area (Å²) >= 11 is 1.10. The van der Waals surface area contributed by atoms with Crippen LogP contribution in [0.3, 0.4) is 0 Å². The normalized spacial score (nSPS) is 12.0. The molecule has 3 aromatic carbocycles. The summed E-state index contributed by atoms with van der Waals surface area (Å²) in [6.45, 7) is 5.85. The number of aromatic nitrogens is 1. The van der Waals surface area contributed by atoms with Crippen molar-refractivity contribution in [2.75, 3.05) is 20.8 Å². The van der Waals surface area contributed by atoms with E-state index in [-0.39, 0.29) is 23.7 Å². The number of carbonyl (C=O) groups excluding carboxylic acids is 3. The Morgan fingerprint density at radius 2 is 1.64 bits per heavy atom. The van der Waals surface area contributed by atoms with E-state index < -0.39 is 23.7 Å². The van der Waals surface area contributed by atoms with E-state index >= 15 is 0 Å². The molecular weight excluding hydrogens is 556 g/mol. The van der Waals surface area contributed by atoms with Crippen molar-refractivity contribution in [1.82, 2.24) is 9.47 Å². The molecule has 0 N–H and O–H groups in total. The van der Waals surface area contributed by atoms with Crippen LogP contribution in [-0.4, -0.2) is 59.7 Å². The van der Waals surface area contributed by atoms with Crippen LogP contribution in [0.5, 0.6) is 5.75 Å². The van der Waals surface area contributed by atoms with Gasteiger partial charge in [-0.1, -0.05) is 53.8 Å². The van der Waals surface area contributed by atoms with Gasteiger partial charge in [-0.15, -0.1) is 0 Å². The Morgan fingerprint density at radius 1 is 0.952 bits per heavy atom. The van der Waals surface area contributed by atoms with Crippen molar-refractivity contribution in [1.29, 1.82) is 0 Å². The van der Waals surface area contributed by atoms with Crippen molar-refractivity contribution in [2.45, 2.75) is 45.4 Å². The molecule has 1 amide bonds. The zero-order chi connectivity index (χ0) is 30.4. The average Bonchev–Trinajstić information content (AvgIpc) is 3.29. The molecule has 1 atom stereocenters. The summed E-state index contributed by atoms with van der Waals surface area (Å²) in [4.78, 5) is 51.6. The number of fused-ring (bicyclic) bond motifs is 1. The van der Waals surface area contributed by atoms with Crippen LogP contribution in [0.1, 0.15) is 42.3 Å². The highest BCUT2D eigenvalue weighted by atomic mass is 32.1.